The number of rotatable bonds is 5. The number of hydrogen-bond donors (Lipinski definition) is 1. The standard InChI is InChI=1S/C18H15F5N2OS/c1-2-18(26)24-15-6-7-17-14(11-15)8-9-25(17)12-13-4-3-5-16(10-13)27(19,20,21,22)23/h2-11H,1,12H2,(H,24,26). The van der Waals surface area contributed by atoms with E-state index in [0.717, 1.165) is 17.5 Å². The summed E-state index contributed by atoms with van der Waals surface area (Å²) in [5, 5.41) is 3.34. The summed E-state index contributed by atoms with van der Waals surface area (Å²) in [7, 11) is -9.72. The molecule has 1 N–H and O–H groups in total. The second-order valence-corrected chi connectivity index (χ2v) is 8.44. The lowest BCUT2D eigenvalue weighted by Gasteiger charge is -2.40. The van der Waals surface area contributed by atoms with Crippen molar-refractivity contribution in [1.29, 1.82) is 0 Å². The van der Waals surface area contributed by atoms with Gasteiger partial charge in [0.2, 0.25) is 5.91 Å². The topological polar surface area (TPSA) is 34.0 Å². The van der Waals surface area contributed by atoms with Crippen LogP contribution in [0.5, 0.6) is 0 Å². The van der Waals surface area contributed by atoms with Gasteiger partial charge in [-0.15, -0.1) is 0 Å². The lowest BCUT2D eigenvalue weighted by atomic mass is 10.2. The molecular weight excluding hydrogens is 387 g/mol. The third-order valence-electron chi connectivity index (χ3n) is 3.92. The van der Waals surface area contributed by atoms with Gasteiger partial charge in [-0.25, -0.2) is 0 Å². The van der Waals surface area contributed by atoms with Gasteiger partial charge in [0.1, 0.15) is 4.90 Å². The van der Waals surface area contributed by atoms with Gasteiger partial charge in [0.15, 0.2) is 0 Å². The van der Waals surface area contributed by atoms with Crippen molar-refractivity contribution in [3.05, 3.63) is 72.9 Å². The predicted molar refractivity (Wildman–Crippen MR) is 97.7 cm³/mol. The number of fused-ring (bicyclic) bond motifs is 1. The molecule has 0 aliphatic heterocycles. The van der Waals surface area contributed by atoms with Gasteiger partial charge in [0.25, 0.3) is 0 Å². The van der Waals surface area contributed by atoms with E-state index < -0.39 is 15.1 Å². The van der Waals surface area contributed by atoms with E-state index in [9.17, 15) is 24.2 Å². The van der Waals surface area contributed by atoms with Gasteiger partial charge in [0.05, 0.1) is 0 Å². The Morgan fingerprint density at radius 2 is 1.81 bits per heavy atom. The van der Waals surface area contributed by atoms with Crippen molar-refractivity contribution in [3.8, 4) is 0 Å². The summed E-state index contributed by atoms with van der Waals surface area (Å²) in [5.74, 6) is -0.374. The molecule has 2 aromatic carbocycles. The van der Waals surface area contributed by atoms with E-state index in [-0.39, 0.29) is 18.0 Å². The number of aromatic nitrogens is 1. The molecule has 0 bridgehead atoms. The maximum absolute atomic E-state index is 13.0. The first-order valence-electron chi connectivity index (χ1n) is 7.71. The molecule has 1 aromatic heterocycles. The summed E-state index contributed by atoms with van der Waals surface area (Å²) in [4.78, 5) is 9.44. The Morgan fingerprint density at radius 3 is 2.48 bits per heavy atom. The van der Waals surface area contributed by atoms with Crippen LogP contribution in [0.25, 0.3) is 10.9 Å². The second-order valence-electron chi connectivity index (χ2n) is 6.03. The van der Waals surface area contributed by atoms with Crippen LogP contribution in [-0.2, 0) is 11.3 Å². The van der Waals surface area contributed by atoms with Crippen molar-refractivity contribution in [1.82, 2.24) is 4.57 Å². The van der Waals surface area contributed by atoms with Gasteiger partial charge in [-0.05, 0) is 48.0 Å². The predicted octanol–water partition coefficient (Wildman–Crippen LogP) is 6.47. The van der Waals surface area contributed by atoms with Gasteiger partial charge >= 0.3 is 10.2 Å². The monoisotopic (exact) mass is 402 g/mol. The SMILES string of the molecule is C=CC(=O)Nc1ccc2c(ccn2Cc2cccc(S(F)(F)(F)(F)F)c2)c1. The van der Waals surface area contributed by atoms with E-state index in [1.165, 1.54) is 6.07 Å². The van der Waals surface area contributed by atoms with E-state index >= 15 is 0 Å². The molecule has 1 heterocycles. The number of amides is 1. The molecule has 3 rings (SSSR count). The Balaban J connectivity index is 1.92. The third-order valence-corrected chi connectivity index (χ3v) is 5.07. The van der Waals surface area contributed by atoms with E-state index in [4.69, 9.17) is 0 Å². The van der Waals surface area contributed by atoms with Crippen LogP contribution < -0.4 is 5.32 Å². The van der Waals surface area contributed by atoms with Crippen molar-refractivity contribution in [2.45, 2.75) is 11.4 Å². The Kier molecular flexibility index (Phi) is 3.93. The zero-order valence-corrected chi connectivity index (χ0v) is 14.7. The van der Waals surface area contributed by atoms with Crippen molar-refractivity contribution in [2.24, 2.45) is 0 Å². The minimum Gasteiger partial charge on any atom is -0.343 e. The van der Waals surface area contributed by atoms with Gasteiger partial charge in [-0.3, -0.25) is 4.79 Å². The van der Waals surface area contributed by atoms with Gasteiger partial charge < -0.3 is 9.88 Å². The molecule has 9 heteroatoms. The van der Waals surface area contributed by atoms with E-state index in [1.807, 2.05) is 0 Å². The molecule has 0 atom stereocenters. The number of anilines is 1. The van der Waals surface area contributed by atoms with Crippen LogP contribution in [0.3, 0.4) is 0 Å². The average molecular weight is 402 g/mol. The fourth-order valence-electron chi connectivity index (χ4n) is 2.69. The quantitative estimate of drug-likeness (QED) is 0.385. The molecule has 3 nitrogen and oxygen atoms in total. The van der Waals surface area contributed by atoms with E-state index in [0.29, 0.717) is 23.3 Å². The van der Waals surface area contributed by atoms with Crippen molar-refractivity contribution in [2.75, 3.05) is 5.32 Å². The molecule has 0 saturated carbocycles. The van der Waals surface area contributed by atoms with Crippen LogP contribution in [0, 0.1) is 0 Å². The molecule has 0 aliphatic carbocycles. The zero-order valence-electron chi connectivity index (χ0n) is 13.8. The molecule has 0 unspecified atom stereocenters. The third kappa shape index (κ3) is 4.30. The summed E-state index contributed by atoms with van der Waals surface area (Å²) in [6.45, 7) is 3.35. The fourth-order valence-corrected chi connectivity index (χ4v) is 3.40. The Hall–Kier alpha value is -2.81. The van der Waals surface area contributed by atoms with Gasteiger partial charge in [-0.1, -0.05) is 38.1 Å². The first-order chi connectivity index (χ1) is 12.4. The highest BCUT2D eigenvalue weighted by Crippen LogP contribution is 3.02. The number of carbonyl (C=O) groups is 1. The molecule has 1 amide bonds. The maximum atomic E-state index is 13.0. The fraction of sp³-hybridized carbons (Fsp3) is 0.0556. The molecule has 144 valence electrons. The normalized spacial score (nSPS) is 14.4. The van der Waals surface area contributed by atoms with E-state index in [1.54, 1.807) is 35.0 Å². The minimum atomic E-state index is -9.72. The first-order valence-corrected chi connectivity index (χ1v) is 9.66. The molecule has 0 radical (unpaired) electrons. The van der Waals surface area contributed by atoms with Crippen molar-refractivity contribution >= 4 is 32.7 Å². The Bertz CT molecular complexity index is 1060. The summed E-state index contributed by atoms with van der Waals surface area (Å²) < 4.78 is 66.6. The number of nitrogens with one attached hydrogen (secondary N) is 1. The van der Waals surface area contributed by atoms with Crippen LogP contribution in [0.2, 0.25) is 0 Å². The second kappa shape index (κ2) is 5.59. The average Bonchev–Trinajstić information content (AvgIpc) is 2.95. The zero-order chi connectivity index (χ0) is 19.9. The maximum Gasteiger partial charge on any atom is 0.310 e. The molecular formula is C18H15F5N2OS. The molecule has 0 fully saturated rings. The van der Waals surface area contributed by atoms with Gasteiger partial charge in [-0.2, -0.15) is 0 Å². The highest BCUT2D eigenvalue weighted by molar-refractivity contribution is 8.45. The molecule has 0 saturated heterocycles. The highest BCUT2D eigenvalue weighted by atomic mass is 32.5. The van der Waals surface area contributed by atoms with Crippen LogP contribution in [-0.4, -0.2) is 10.5 Å². The minimum absolute atomic E-state index is 0.0104. The van der Waals surface area contributed by atoms with Crippen LogP contribution in [0.1, 0.15) is 5.56 Å². The molecule has 27 heavy (non-hydrogen) atoms. The smallest absolute Gasteiger partial charge is 0.310 e. The molecule has 0 aliphatic rings. The number of halogens is 5. The largest absolute Gasteiger partial charge is 0.343 e. The van der Waals surface area contributed by atoms with Gasteiger partial charge in [0, 0.05) is 29.3 Å². The lowest BCUT2D eigenvalue weighted by Crippen LogP contribution is -2.07. The Labute approximate surface area is 151 Å². The number of benzene rings is 2. The van der Waals surface area contributed by atoms with E-state index in [2.05, 4.69) is 11.9 Å². The number of nitrogens with zero attached hydrogens (tertiary/aromatic N) is 1. The summed E-state index contributed by atoms with van der Waals surface area (Å²) in [5.41, 5.74) is 1.32. The van der Waals surface area contributed by atoms with Crippen LogP contribution in [0.4, 0.5) is 25.1 Å². The Morgan fingerprint density at radius 1 is 1.07 bits per heavy atom. The summed E-state index contributed by atoms with van der Waals surface area (Å²) in [6.07, 6.45) is 2.76. The molecule has 0 spiro atoms. The summed E-state index contributed by atoms with van der Waals surface area (Å²) >= 11 is 0. The number of carbonyl (C=O) groups excluding carboxylic acids is 1. The molecule has 3 aromatic rings. The van der Waals surface area contributed by atoms with Crippen molar-refractivity contribution < 1.29 is 24.2 Å². The first kappa shape index (κ1) is 19.0. The lowest BCUT2D eigenvalue weighted by molar-refractivity contribution is -0.111. The van der Waals surface area contributed by atoms with Crippen LogP contribution in [0.15, 0.2) is 72.3 Å². The summed E-state index contributed by atoms with van der Waals surface area (Å²) in [6, 6.07) is 9.91. The number of hydrogen-bond acceptors (Lipinski definition) is 1. The van der Waals surface area contributed by atoms with Crippen molar-refractivity contribution in [3.63, 3.8) is 0 Å². The van der Waals surface area contributed by atoms with Crippen LogP contribution >= 0.6 is 10.2 Å². The highest BCUT2D eigenvalue weighted by Gasteiger charge is 2.65.